The van der Waals surface area contributed by atoms with Crippen LogP contribution in [0.2, 0.25) is 0 Å². The van der Waals surface area contributed by atoms with E-state index in [1.165, 1.54) is 5.56 Å². The molecule has 1 aromatic heterocycles. The molecule has 0 saturated carbocycles. The van der Waals surface area contributed by atoms with Crippen LogP contribution < -0.4 is 10.1 Å². The van der Waals surface area contributed by atoms with E-state index in [0.717, 1.165) is 24.6 Å². The maximum atomic E-state index is 5.65. The van der Waals surface area contributed by atoms with Crippen LogP contribution >= 0.6 is 0 Å². The molecule has 0 amide bonds. The Morgan fingerprint density at radius 3 is 2.57 bits per heavy atom. The minimum Gasteiger partial charge on any atom is -0.478 e. The lowest BCUT2D eigenvalue weighted by atomic mass is 10.2. The van der Waals surface area contributed by atoms with Crippen molar-refractivity contribution in [2.75, 3.05) is 11.9 Å². The SMILES string of the molecule is CCCOc1cc(NCc2ccccc2)nc(C(C)C)n1. The largest absolute Gasteiger partial charge is 0.478 e. The van der Waals surface area contributed by atoms with Crippen molar-refractivity contribution in [1.29, 1.82) is 0 Å². The molecule has 0 saturated heterocycles. The molecule has 0 atom stereocenters. The second kappa shape index (κ2) is 7.62. The van der Waals surface area contributed by atoms with Crippen LogP contribution in [0, 0.1) is 0 Å². The first kappa shape index (κ1) is 15.3. The first-order valence-corrected chi connectivity index (χ1v) is 7.48. The number of ether oxygens (including phenoxy) is 1. The minimum absolute atomic E-state index is 0.271. The maximum Gasteiger partial charge on any atom is 0.218 e. The Hall–Kier alpha value is -2.10. The molecular weight excluding hydrogens is 262 g/mol. The minimum atomic E-state index is 0.271. The van der Waals surface area contributed by atoms with Crippen LogP contribution in [-0.2, 0) is 6.54 Å². The topological polar surface area (TPSA) is 47.0 Å². The van der Waals surface area contributed by atoms with Crippen molar-refractivity contribution in [1.82, 2.24) is 9.97 Å². The number of aromatic nitrogens is 2. The summed E-state index contributed by atoms with van der Waals surface area (Å²) in [5.41, 5.74) is 1.22. The van der Waals surface area contributed by atoms with Crippen molar-refractivity contribution in [2.24, 2.45) is 0 Å². The monoisotopic (exact) mass is 285 g/mol. The van der Waals surface area contributed by atoms with Crippen LogP contribution in [0.25, 0.3) is 0 Å². The summed E-state index contributed by atoms with van der Waals surface area (Å²) in [5, 5.41) is 3.34. The first-order chi connectivity index (χ1) is 10.2. The molecule has 2 rings (SSSR count). The van der Waals surface area contributed by atoms with Crippen LogP contribution in [0.4, 0.5) is 5.82 Å². The van der Waals surface area contributed by atoms with Gasteiger partial charge in [0.05, 0.1) is 6.61 Å². The van der Waals surface area contributed by atoms with E-state index in [2.05, 4.69) is 48.2 Å². The lowest BCUT2D eigenvalue weighted by Crippen LogP contribution is -2.08. The van der Waals surface area contributed by atoms with Crippen molar-refractivity contribution in [3.8, 4) is 5.88 Å². The lowest BCUT2D eigenvalue weighted by Gasteiger charge is -2.12. The summed E-state index contributed by atoms with van der Waals surface area (Å²) in [6.07, 6.45) is 0.966. The van der Waals surface area contributed by atoms with Gasteiger partial charge in [0.25, 0.3) is 0 Å². The van der Waals surface area contributed by atoms with Gasteiger partial charge in [-0.15, -0.1) is 0 Å². The van der Waals surface area contributed by atoms with E-state index in [-0.39, 0.29) is 5.92 Å². The molecule has 112 valence electrons. The molecule has 0 aliphatic carbocycles. The highest BCUT2D eigenvalue weighted by Gasteiger charge is 2.09. The number of hydrogen-bond donors (Lipinski definition) is 1. The third-order valence-corrected chi connectivity index (χ3v) is 3.01. The van der Waals surface area contributed by atoms with Crippen molar-refractivity contribution in [3.63, 3.8) is 0 Å². The van der Waals surface area contributed by atoms with Gasteiger partial charge in [-0.2, -0.15) is 4.98 Å². The highest BCUT2D eigenvalue weighted by Crippen LogP contribution is 2.19. The fourth-order valence-corrected chi connectivity index (χ4v) is 1.86. The quantitative estimate of drug-likeness (QED) is 0.835. The highest BCUT2D eigenvalue weighted by atomic mass is 16.5. The van der Waals surface area contributed by atoms with Gasteiger partial charge < -0.3 is 10.1 Å². The summed E-state index contributed by atoms with van der Waals surface area (Å²) in [6, 6.07) is 12.1. The number of nitrogens with zero attached hydrogens (tertiary/aromatic N) is 2. The molecule has 0 unspecified atom stereocenters. The molecule has 4 nitrogen and oxygen atoms in total. The van der Waals surface area contributed by atoms with Gasteiger partial charge in [0.2, 0.25) is 5.88 Å². The van der Waals surface area contributed by atoms with E-state index in [0.29, 0.717) is 12.5 Å². The van der Waals surface area contributed by atoms with Gasteiger partial charge in [0, 0.05) is 18.5 Å². The van der Waals surface area contributed by atoms with Crippen molar-refractivity contribution in [2.45, 2.75) is 39.7 Å². The number of nitrogens with one attached hydrogen (secondary N) is 1. The Bertz CT molecular complexity index is 555. The average Bonchev–Trinajstić information content (AvgIpc) is 2.51. The van der Waals surface area contributed by atoms with Gasteiger partial charge in [-0.05, 0) is 12.0 Å². The predicted octanol–water partition coefficient (Wildman–Crippen LogP) is 4.00. The summed E-state index contributed by atoms with van der Waals surface area (Å²) in [7, 11) is 0. The van der Waals surface area contributed by atoms with Crippen LogP contribution in [0.1, 0.15) is 44.5 Å². The van der Waals surface area contributed by atoms with E-state index in [1.807, 2.05) is 24.3 Å². The molecule has 4 heteroatoms. The van der Waals surface area contributed by atoms with Gasteiger partial charge in [0.1, 0.15) is 11.6 Å². The van der Waals surface area contributed by atoms with Gasteiger partial charge >= 0.3 is 0 Å². The number of hydrogen-bond acceptors (Lipinski definition) is 4. The van der Waals surface area contributed by atoms with Gasteiger partial charge in [0.15, 0.2) is 0 Å². The second-order valence-corrected chi connectivity index (χ2v) is 5.29. The Kier molecular flexibility index (Phi) is 5.55. The molecule has 1 aromatic carbocycles. The molecule has 0 aliphatic heterocycles. The molecule has 2 aromatic rings. The summed E-state index contributed by atoms with van der Waals surface area (Å²) in [4.78, 5) is 9.01. The molecule has 21 heavy (non-hydrogen) atoms. The van der Waals surface area contributed by atoms with Crippen LogP contribution in [0.5, 0.6) is 5.88 Å². The van der Waals surface area contributed by atoms with Crippen LogP contribution in [0.15, 0.2) is 36.4 Å². The van der Waals surface area contributed by atoms with E-state index in [1.54, 1.807) is 0 Å². The smallest absolute Gasteiger partial charge is 0.218 e. The Balaban J connectivity index is 2.11. The molecule has 1 N–H and O–H groups in total. The molecule has 0 aliphatic rings. The second-order valence-electron chi connectivity index (χ2n) is 5.29. The number of anilines is 1. The molecule has 0 spiro atoms. The van der Waals surface area contributed by atoms with E-state index < -0.39 is 0 Å². The summed E-state index contributed by atoms with van der Waals surface area (Å²) < 4.78 is 5.65. The van der Waals surface area contributed by atoms with Gasteiger partial charge in [-0.25, -0.2) is 4.98 Å². The number of rotatable bonds is 7. The maximum absolute atomic E-state index is 5.65. The zero-order valence-corrected chi connectivity index (χ0v) is 13.0. The van der Waals surface area contributed by atoms with Crippen LogP contribution in [0.3, 0.4) is 0 Å². The zero-order valence-electron chi connectivity index (χ0n) is 13.0. The summed E-state index contributed by atoms with van der Waals surface area (Å²) in [5.74, 6) is 2.53. The standard InChI is InChI=1S/C17H23N3O/c1-4-10-21-16-11-15(19-17(20-16)13(2)3)18-12-14-8-6-5-7-9-14/h5-9,11,13H,4,10,12H2,1-3H3,(H,18,19,20). The highest BCUT2D eigenvalue weighted by molar-refractivity contribution is 5.39. The Morgan fingerprint density at radius 1 is 1.14 bits per heavy atom. The van der Waals surface area contributed by atoms with E-state index in [4.69, 9.17) is 4.74 Å². The van der Waals surface area contributed by atoms with Crippen molar-refractivity contribution < 1.29 is 4.74 Å². The Labute approximate surface area is 126 Å². The lowest BCUT2D eigenvalue weighted by molar-refractivity contribution is 0.303. The molecule has 0 bridgehead atoms. The predicted molar refractivity (Wildman–Crippen MR) is 85.7 cm³/mol. The summed E-state index contributed by atoms with van der Waals surface area (Å²) >= 11 is 0. The fraction of sp³-hybridized carbons (Fsp3) is 0.412. The average molecular weight is 285 g/mol. The molecule has 0 radical (unpaired) electrons. The third kappa shape index (κ3) is 4.74. The van der Waals surface area contributed by atoms with Crippen molar-refractivity contribution >= 4 is 5.82 Å². The van der Waals surface area contributed by atoms with Crippen molar-refractivity contribution in [3.05, 3.63) is 47.8 Å². The summed E-state index contributed by atoms with van der Waals surface area (Å²) in [6.45, 7) is 7.66. The molecular formula is C17H23N3O. The zero-order chi connectivity index (χ0) is 15.1. The molecule has 1 heterocycles. The number of benzene rings is 1. The normalized spacial score (nSPS) is 10.7. The first-order valence-electron chi connectivity index (χ1n) is 7.48. The van der Waals surface area contributed by atoms with Gasteiger partial charge in [-0.1, -0.05) is 51.1 Å². The molecule has 0 fully saturated rings. The Morgan fingerprint density at radius 2 is 1.90 bits per heavy atom. The van der Waals surface area contributed by atoms with Crippen LogP contribution in [-0.4, -0.2) is 16.6 Å². The van der Waals surface area contributed by atoms with Gasteiger partial charge in [-0.3, -0.25) is 0 Å². The van der Waals surface area contributed by atoms with E-state index >= 15 is 0 Å². The fourth-order valence-electron chi connectivity index (χ4n) is 1.86. The van der Waals surface area contributed by atoms with E-state index in [9.17, 15) is 0 Å². The third-order valence-electron chi connectivity index (χ3n) is 3.01.